The number of nitrogens with one attached hydrogen (secondary N) is 2. The number of carbonyl (C=O) groups is 2. The molecule has 2 N–H and O–H groups in total. The summed E-state index contributed by atoms with van der Waals surface area (Å²) in [6.07, 6.45) is 4.70. The molecule has 1 fully saturated rings. The van der Waals surface area contributed by atoms with E-state index in [1.807, 2.05) is 0 Å². The lowest BCUT2D eigenvalue weighted by Gasteiger charge is -2.34. The van der Waals surface area contributed by atoms with Gasteiger partial charge in [0.2, 0.25) is 5.91 Å². The van der Waals surface area contributed by atoms with Gasteiger partial charge in [0.25, 0.3) is 5.91 Å². The summed E-state index contributed by atoms with van der Waals surface area (Å²) in [5, 5.41) is 6.30. The number of likely N-dealkylation sites (tertiary alicyclic amines) is 1. The van der Waals surface area contributed by atoms with E-state index in [2.05, 4.69) is 39.3 Å². The van der Waals surface area contributed by atoms with Gasteiger partial charge in [0, 0.05) is 38.5 Å². The van der Waals surface area contributed by atoms with Crippen molar-refractivity contribution in [2.75, 3.05) is 38.7 Å². The SMILES string of the molecule is COCCOCc1ncc(C(=O)NC2CCN(C(C)C)CC2)n1CC(=O)Nc1ccc(Cl)cn1. The number of hydrogen-bond acceptors (Lipinski definition) is 7. The lowest BCUT2D eigenvalue weighted by molar-refractivity contribution is -0.116. The van der Waals surface area contributed by atoms with Crippen LogP contribution in [-0.4, -0.2) is 76.7 Å². The summed E-state index contributed by atoms with van der Waals surface area (Å²) in [7, 11) is 1.59. The van der Waals surface area contributed by atoms with Gasteiger partial charge in [-0.1, -0.05) is 11.6 Å². The van der Waals surface area contributed by atoms with Crippen LogP contribution >= 0.6 is 11.6 Å². The standard InChI is InChI=1S/C23H33ClN6O4/c1-16(2)29-8-6-18(7-9-29)27-23(32)19-13-26-21(15-34-11-10-33-3)30(19)14-22(31)28-20-5-4-17(24)12-25-20/h4-5,12-13,16,18H,6-11,14-15H2,1-3H3,(H,27,32)(H,25,28,31). The monoisotopic (exact) mass is 492 g/mol. The molecule has 0 atom stereocenters. The van der Waals surface area contributed by atoms with Gasteiger partial charge in [-0.15, -0.1) is 0 Å². The number of methoxy groups -OCH3 is 1. The third kappa shape index (κ3) is 7.49. The normalized spacial score (nSPS) is 15.0. The molecule has 0 bridgehead atoms. The number of piperidine rings is 1. The van der Waals surface area contributed by atoms with Gasteiger partial charge >= 0.3 is 0 Å². The second-order valence-corrected chi connectivity index (χ2v) is 8.91. The molecule has 2 aromatic heterocycles. The minimum atomic E-state index is -0.342. The second kappa shape index (κ2) is 12.8. The van der Waals surface area contributed by atoms with Crippen molar-refractivity contribution in [1.82, 2.24) is 24.8 Å². The number of carbonyl (C=O) groups excluding carboxylic acids is 2. The van der Waals surface area contributed by atoms with Gasteiger partial charge in [0.05, 0.1) is 24.4 Å². The number of rotatable bonds is 11. The molecule has 34 heavy (non-hydrogen) atoms. The molecule has 1 aliphatic rings. The van der Waals surface area contributed by atoms with Crippen molar-refractivity contribution in [2.45, 2.75) is 51.9 Å². The van der Waals surface area contributed by atoms with Crippen molar-refractivity contribution in [3.63, 3.8) is 0 Å². The van der Waals surface area contributed by atoms with Crippen LogP contribution in [0, 0.1) is 0 Å². The zero-order valence-electron chi connectivity index (χ0n) is 19.9. The van der Waals surface area contributed by atoms with E-state index < -0.39 is 0 Å². The van der Waals surface area contributed by atoms with Gasteiger partial charge in [-0.25, -0.2) is 9.97 Å². The Labute approximate surface area is 205 Å². The predicted molar refractivity (Wildman–Crippen MR) is 129 cm³/mol. The quantitative estimate of drug-likeness (QED) is 0.463. The van der Waals surface area contributed by atoms with Gasteiger partial charge in [0.1, 0.15) is 30.5 Å². The lowest BCUT2D eigenvalue weighted by atomic mass is 10.0. The summed E-state index contributed by atoms with van der Waals surface area (Å²) in [4.78, 5) is 36.7. The maximum atomic E-state index is 13.1. The Morgan fingerprint density at radius 3 is 2.59 bits per heavy atom. The van der Waals surface area contributed by atoms with Crippen LogP contribution in [0.15, 0.2) is 24.5 Å². The molecular weight excluding hydrogens is 460 g/mol. The predicted octanol–water partition coefficient (Wildman–Crippen LogP) is 2.34. The van der Waals surface area contributed by atoms with E-state index in [1.54, 1.807) is 23.8 Å². The van der Waals surface area contributed by atoms with E-state index in [-0.39, 0.29) is 31.0 Å². The number of ether oxygens (including phenoxy) is 2. The molecule has 3 rings (SSSR count). The Hall–Kier alpha value is -2.53. The van der Waals surface area contributed by atoms with Crippen molar-refractivity contribution < 1.29 is 19.1 Å². The van der Waals surface area contributed by atoms with Crippen LogP contribution < -0.4 is 10.6 Å². The maximum Gasteiger partial charge on any atom is 0.269 e. The fourth-order valence-electron chi connectivity index (χ4n) is 3.79. The molecule has 0 spiro atoms. The molecule has 0 aliphatic carbocycles. The van der Waals surface area contributed by atoms with E-state index in [4.69, 9.17) is 21.1 Å². The van der Waals surface area contributed by atoms with E-state index in [0.29, 0.717) is 41.6 Å². The summed E-state index contributed by atoms with van der Waals surface area (Å²) < 4.78 is 12.2. The molecule has 10 nitrogen and oxygen atoms in total. The van der Waals surface area contributed by atoms with Gasteiger partial charge in [0.15, 0.2) is 0 Å². The summed E-state index contributed by atoms with van der Waals surface area (Å²) in [6.45, 7) is 7.09. The molecule has 2 aromatic rings. The smallest absolute Gasteiger partial charge is 0.269 e. The number of imidazole rings is 1. The topological polar surface area (TPSA) is 111 Å². The first-order valence-electron chi connectivity index (χ1n) is 11.4. The highest BCUT2D eigenvalue weighted by atomic mass is 35.5. The van der Waals surface area contributed by atoms with Gasteiger partial charge < -0.3 is 29.6 Å². The van der Waals surface area contributed by atoms with Crippen LogP contribution in [0.3, 0.4) is 0 Å². The maximum absolute atomic E-state index is 13.1. The Kier molecular flexibility index (Phi) is 9.82. The molecule has 1 saturated heterocycles. The minimum absolute atomic E-state index is 0.0827. The summed E-state index contributed by atoms with van der Waals surface area (Å²) in [5.41, 5.74) is 0.316. The van der Waals surface area contributed by atoms with Crippen molar-refractivity contribution in [2.24, 2.45) is 0 Å². The number of amides is 2. The van der Waals surface area contributed by atoms with E-state index in [1.165, 1.54) is 12.4 Å². The minimum Gasteiger partial charge on any atom is -0.382 e. The molecule has 1 aliphatic heterocycles. The number of aromatic nitrogens is 3. The van der Waals surface area contributed by atoms with Crippen molar-refractivity contribution >= 4 is 29.2 Å². The highest BCUT2D eigenvalue weighted by molar-refractivity contribution is 6.30. The lowest BCUT2D eigenvalue weighted by Crippen LogP contribution is -2.47. The zero-order valence-corrected chi connectivity index (χ0v) is 20.7. The first-order valence-corrected chi connectivity index (χ1v) is 11.8. The molecule has 0 aromatic carbocycles. The van der Waals surface area contributed by atoms with Gasteiger partial charge in [-0.2, -0.15) is 0 Å². The average Bonchev–Trinajstić information content (AvgIpc) is 3.21. The molecule has 11 heteroatoms. The molecule has 3 heterocycles. The number of pyridine rings is 1. The fourth-order valence-corrected chi connectivity index (χ4v) is 3.90. The van der Waals surface area contributed by atoms with Crippen LogP contribution in [0.4, 0.5) is 5.82 Å². The Balaban J connectivity index is 1.68. The molecule has 0 radical (unpaired) electrons. The highest BCUT2D eigenvalue weighted by Gasteiger charge is 2.25. The van der Waals surface area contributed by atoms with Crippen LogP contribution in [-0.2, 0) is 27.4 Å². The average molecular weight is 493 g/mol. The second-order valence-electron chi connectivity index (χ2n) is 8.48. The van der Waals surface area contributed by atoms with E-state index >= 15 is 0 Å². The van der Waals surface area contributed by atoms with Crippen LogP contribution in [0.2, 0.25) is 5.02 Å². The molecule has 0 saturated carbocycles. The van der Waals surface area contributed by atoms with Crippen molar-refractivity contribution in [1.29, 1.82) is 0 Å². The zero-order chi connectivity index (χ0) is 24.5. The Bertz CT molecular complexity index is 941. The van der Waals surface area contributed by atoms with Crippen LogP contribution in [0.25, 0.3) is 0 Å². The van der Waals surface area contributed by atoms with Crippen molar-refractivity contribution in [3.05, 3.63) is 41.1 Å². The third-order valence-corrected chi connectivity index (χ3v) is 5.95. The summed E-state index contributed by atoms with van der Waals surface area (Å²) in [6, 6.07) is 3.83. The molecular formula is C23H33ClN6O4. The van der Waals surface area contributed by atoms with E-state index in [9.17, 15) is 9.59 Å². The van der Waals surface area contributed by atoms with Gasteiger partial charge in [-0.3, -0.25) is 9.59 Å². The number of nitrogens with zero attached hydrogens (tertiary/aromatic N) is 4. The Morgan fingerprint density at radius 1 is 1.18 bits per heavy atom. The fraction of sp³-hybridized carbons (Fsp3) is 0.565. The largest absolute Gasteiger partial charge is 0.382 e. The molecule has 2 amide bonds. The highest BCUT2D eigenvalue weighted by Crippen LogP contribution is 2.15. The molecule has 186 valence electrons. The third-order valence-electron chi connectivity index (χ3n) is 5.73. The van der Waals surface area contributed by atoms with Crippen LogP contribution in [0.5, 0.6) is 0 Å². The summed E-state index contributed by atoms with van der Waals surface area (Å²) >= 11 is 5.86. The van der Waals surface area contributed by atoms with Crippen molar-refractivity contribution in [3.8, 4) is 0 Å². The van der Waals surface area contributed by atoms with Crippen LogP contribution in [0.1, 0.15) is 43.0 Å². The number of halogens is 1. The molecule has 0 unspecified atom stereocenters. The summed E-state index contributed by atoms with van der Waals surface area (Å²) in [5.74, 6) is 0.256. The first kappa shape index (κ1) is 26.1. The number of anilines is 1. The number of hydrogen-bond donors (Lipinski definition) is 2. The van der Waals surface area contributed by atoms with Gasteiger partial charge in [-0.05, 0) is 38.8 Å². The Morgan fingerprint density at radius 2 is 1.94 bits per heavy atom. The first-order chi connectivity index (χ1) is 16.4. The van der Waals surface area contributed by atoms with E-state index in [0.717, 1.165) is 25.9 Å².